The van der Waals surface area contributed by atoms with E-state index in [1.807, 2.05) is 24.0 Å². The number of rotatable bonds is 3. The molecule has 2 aromatic heterocycles. The molecule has 5 nitrogen and oxygen atoms in total. The Morgan fingerprint density at radius 1 is 1.25 bits per heavy atom. The van der Waals surface area contributed by atoms with E-state index in [1.165, 1.54) is 11.1 Å². The Bertz CT molecular complexity index is 738. The number of aryl methyl sites for hydroxylation is 2. The van der Waals surface area contributed by atoms with Gasteiger partial charge in [0.2, 0.25) is 0 Å². The average Bonchev–Trinajstić information content (AvgIpc) is 2.95. The van der Waals surface area contributed by atoms with Crippen molar-refractivity contribution in [2.45, 2.75) is 13.5 Å². The average molecular weight is 267 g/mol. The van der Waals surface area contributed by atoms with Crippen molar-refractivity contribution in [1.29, 1.82) is 0 Å². The molecule has 2 heterocycles. The van der Waals surface area contributed by atoms with Crippen LogP contribution in [-0.4, -0.2) is 19.6 Å². The number of hydrogen-bond acceptors (Lipinski definition) is 3. The third-order valence-electron chi connectivity index (χ3n) is 3.28. The maximum absolute atomic E-state index is 6.06. The molecule has 0 spiro atoms. The lowest BCUT2D eigenvalue weighted by Gasteiger charge is -2.03. The third kappa shape index (κ3) is 2.30. The van der Waals surface area contributed by atoms with E-state index >= 15 is 0 Å². The number of anilines is 1. The Kier molecular flexibility index (Phi) is 3.02. The summed E-state index contributed by atoms with van der Waals surface area (Å²) in [6.45, 7) is 2.80. The van der Waals surface area contributed by atoms with Crippen LogP contribution in [0.3, 0.4) is 0 Å². The highest BCUT2D eigenvalue weighted by Gasteiger charge is 2.11. The molecule has 0 amide bonds. The summed E-state index contributed by atoms with van der Waals surface area (Å²) < 4.78 is 3.64. The van der Waals surface area contributed by atoms with Gasteiger partial charge in [0.25, 0.3) is 0 Å². The van der Waals surface area contributed by atoms with Crippen LogP contribution in [-0.2, 0) is 13.6 Å². The molecule has 102 valence electrons. The molecule has 20 heavy (non-hydrogen) atoms. The van der Waals surface area contributed by atoms with Crippen molar-refractivity contribution in [3.05, 3.63) is 53.9 Å². The number of hydrogen-bond donors (Lipinski definition) is 1. The minimum absolute atomic E-state index is 0.668. The summed E-state index contributed by atoms with van der Waals surface area (Å²) in [4.78, 5) is 0. The minimum atomic E-state index is 0.668. The Balaban J connectivity index is 1.91. The lowest BCUT2D eigenvalue weighted by atomic mass is 10.1. The van der Waals surface area contributed by atoms with Crippen LogP contribution in [0, 0.1) is 6.92 Å². The summed E-state index contributed by atoms with van der Waals surface area (Å²) in [5, 5.41) is 8.72. The van der Waals surface area contributed by atoms with Gasteiger partial charge in [-0.2, -0.15) is 10.2 Å². The van der Waals surface area contributed by atoms with E-state index in [0.29, 0.717) is 12.2 Å². The van der Waals surface area contributed by atoms with Crippen molar-refractivity contribution in [3.8, 4) is 11.4 Å². The largest absolute Gasteiger partial charge is 0.396 e. The van der Waals surface area contributed by atoms with Crippen molar-refractivity contribution in [2.24, 2.45) is 7.05 Å². The van der Waals surface area contributed by atoms with Crippen molar-refractivity contribution in [1.82, 2.24) is 19.6 Å². The molecule has 1 aromatic carbocycles. The molecule has 0 radical (unpaired) electrons. The van der Waals surface area contributed by atoms with Gasteiger partial charge in [-0.25, -0.2) is 0 Å². The van der Waals surface area contributed by atoms with E-state index in [0.717, 1.165) is 11.4 Å². The van der Waals surface area contributed by atoms with E-state index in [9.17, 15) is 0 Å². The third-order valence-corrected chi connectivity index (χ3v) is 3.28. The van der Waals surface area contributed by atoms with Crippen LogP contribution in [0.15, 0.2) is 42.7 Å². The first-order chi connectivity index (χ1) is 9.63. The van der Waals surface area contributed by atoms with Crippen LogP contribution in [0.25, 0.3) is 11.4 Å². The van der Waals surface area contributed by atoms with Crippen LogP contribution in [0.2, 0.25) is 0 Å². The van der Waals surface area contributed by atoms with Crippen LogP contribution >= 0.6 is 0 Å². The number of benzene rings is 1. The second-order valence-corrected chi connectivity index (χ2v) is 4.96. The highest BCUT2D eigenvalue weighted by Crippen LogP contribution is 2.23. The van der Waals surface area contributed by atoms with Gasteiger partial charge < -0.3 is 5.73 Å². The van der Waals surface area contributed by atoms with Gasteiger partial charge >= 0.3 is 0 Å². The second kappa shape index (κ2) is 4.85. The van der Waals surface area contributed by atoms with Gasteiger partial charge in [-0.3, -0.25) is 9.36 Å². The molecule has 0 atom stereocenters. The van der Waals surface area contributed by atoms with Gasteiger partial charge in [-0.15, -0.1) is 0 Å². The van der Waals surface area contributed by atoms with Crippen LogP contribution < -0.4 is 5.73 Å². The molecule has 0 fully saturated rings. The van der Waals surface area contributed by atoms with Crippen molar-refractivity contribution in [2.75, 3.05) is 5.73 Å². The molecule has 0 aliphatic rings. The van der Waals surface area contributed by atoms with Crippen molar-refractivity contribution in [3.63, 3.8) is 0 Å². The summed E-state index contributed by atoms with van der Waals surface area (Å²) in [6.07, 6.45) is 3.61. The van der Waals surface area contributed by atoms with Gasteiger partial charge in [0, 0.05) is 19.4 Å². The molecule has 2 N–H and O–H groups in total. The molecule has 0 saturated carbocycles. The maximum Gasteiger partial charge on any atom is 0.133 e. The zero-order valence-electron chi connectivity index (χ0n) is 11.6. The molecular weight excluding hydrogens is 250 g/mol. The predicted molar refractivity (Wildman–Crippen MR) is 79.1 cm³/mol. The second-order valence-electron chi connectivity index (χ2n) is 4.96. The zero-order valence-corrected chi connectivity index (χ0v) is 11.6. The predicted octanol–water partition coefficient (Wildman–Crippen LogP) is 2.22. The summed E-state index contributed by atoms with van der Waals surface area (Å²) in [6, 6.07) is 10.3. The molecule has 5 heteroatoms. The fourth-order valence-corrected chi connectivity index (χ4v) is 2.32. The molecule has 3 rings (SSSR count). The fourth-order valence-electron chi connectivity index (χ4n) is 2.32. The Morgan fingerprint density at radius 2 is 2.10 bits per heavy atom. The molecule has 0 aliphatic heterocycles. The van der Waals surface area contributed by atoms with Gasteiger partial charge in [0.1, 0.15) is 5.69 Å². The first-order valence-electron chi connectivity index (χ1n) is 6.50. The monoisotopic (exact) mass is 267 g/mol. The summed E-state index contributed by atoms with van der Waals surface area (Å²) >= 11 is 0. The lowest BCUT2D eigenvalue weighted by Crippen LogP contribution is -2.01. The molecule has 0 aliphatic carbocycles. The standard InChI is InChI=1S/C15H17N5/c1-11-4-3-5-12(8-11)9-20-10-13(16)15(18-20)14-6-7-17-19(14)2/h3-8,10H,9,16H2,1-2H3. The quantitative estimate of drug-likeness (QED) is 0.791. The summed E-state index contributed by atoms with van der Waals surface area (Å²) in [7, 11) is 1.88. The van der Waals surface area contributed by atoms with Crippen molar-refractivity contribution >= 4 is 5.69 Å². The van der Waals surface area contributed by atoms with Crippen LogP contribution in [0.5, 0.6) is 0 Å². The molecular formula is C15H17N5. The number of nitrogens with zero attached hydrogens (tertiary/aromatic N) is 4. The van der Waals surface area contributed by atoms with E-state index in [4.69, 9.17) is 5.73 Å². The Hall–Kier alpha value is -2.56. The number of aromatic nitrogens is 4. The maximum atomic E-state index is 6.06. The topological polar surface area (TPSA) is 61.7 Å². The first kappa shape index (κ1) is 12.5. The molecule has 0 bridgehead atoms. The number of nitrogen functional groups attached to an aromatic ring is 1. The van der Waals surface area contributed by atoms with Crippen LogP contribution in [0.4, 0.5) is 5.69 Å². The van der Waals surface area contributed by atoms with Gasteiger partial charge in [0.15, 0.2) is 0 Å². The van der Waals surface area contributed by atoms with E-state index in [2.05, 4.69) is 41.4 Å². The molecule has 0 unspecified atom stereocenters. The van der Waals surface area contributed by atoms with Gasteiger partial charge in [-0.05, 0) is 18.6 Å². The van der Waals surface area contributed by atoms with E-state index in [-0.39, 0.29) is 0 Å². The number of nitrogens with two attached hydrogens (primary N) is 1. The SMILES string of the molecule is Cc1cccc(Cn2cc(N)c(-c3ccnn3C)n2)c1. The fraction of sp³-hybridized carbons (Fsp3) is 0.200. The molecule has 0 saturated heterocycles. The van der Waals surface area contributed by atoms with Gasteiger partial charge in [0.05, 0.1) is 17.9 Å². The Morgan fingerprint density at radius 3 is 2.80 bits per heavy atom. The Labute approximate surface area is 117 Å². The zero-order chi connectivity index (χ0) is 14.1. The summed E-state index contributed by atoms with van der Waals surface area (Å²) in [5.41, 5.74) is 10.9. The summed E-state index contributed by atoms with van der Waals surface area (Å²) in [5.74, 6) is 0. The lowest BCUT2D eigenvalue weighted by molar-refractivity contribution is 0.685. The smallest absolute Gasteiger partial charge is 0.133 e. The van der Waals surface area contributed by atoms with E-state index < -0.39 is 0 Å². The minimum Gasteiger partial charge on any atom is -0.396 e. The highest BCUT2D eigenvalue weighted by molar-refractivity contribution is 5.69. The van der Waals surface area contributed by atoms with E-state index in [1.54, 1.807) is 10.9 Å². The normalized spacial score (nSPS) is 10.9. The van der Waals surface area contributed by atoms with Crippen LogP contribution in [0.1, 0.15) is 11.1 Å². The highest BCUT2D eigenvalue weighted by atomic mass is 15.3. The molecule has 3 aromatic rings. The van der Waals surface area contributed by atoms with Gasteiger partial charge in [-0.1, -0.05) is 29.8 Å². The van der Waals surface area contributed by atoms with Crippen molar-refractivity contribution < 1.29 is 0 Å². The first-order valence-corrected chi connectivity index (χ1v) is 6.50.